The highest BCUT2D eigenvalue weighted by molar-refractivity contribution is 6.12. The number of aromatic nitrogens is 1. The van der Waals surface area contributed by atoms with Gasteiger partial charge in [0.05, 0.1) is 12.1 Å². The Hall–Kier alpha value is -5.16. The van der Waals surface area contributed by atoms with E-state index >= 15 is 0 Å². The fourth-order valence-corrected chi connectivity index (χ4v) is 4.58. The average Bonchev–Trinajstić information content (AvgIpc) is 3.44. The van der Waals surface area contributed by atoms with E-state index in [0.717, 1.165) is 29.3 Å². The van der Waals surface area contributed by atoms with Crippen LogP contribution in [-0.2, 0) is 23.9 Å². The van der Waals surface area contributed by atoms with E-state index in [-0.39, 0.29) is 23.2 Å². The Morgan fingerprint density at radius 1 is 0.932 bits per heavy atom. The van der Waals surface area contributed by atoms with E-state index in [1.165, 1.54) is 18.2 Å². The van der Waals surface area contributed by atoms with Gasteiger partial charge in [-0.3, -0.25) is 4.79 Å². The Labute approximate surface area is 250 Å². The van der Waals surface area contributed by atoms with Gasteiger partial charge in [-0.2, -0.15) is 13.2 Å². The normalized spacial score (nSPS) is 12.2. The number of carbonyl (C=O) groups is 2. The molecule has 5 aromatic rings. The zero-order chi connectivity index (χ0) is 31.1. The zero-order valence-electron chi connectivity index (χ0n) is 23.3. The topological polar surface area (TPSA) is 114 Å². The Morgan fingerprint density at radius 3 is 2.43 bits per heavy atom. The summed E-state index contributed by atoms with van der Waals surface area (Å²) in [6.07, 6.45) is -4.53. The molecule has 1 unspecified atom stereocenters. The number of ketones is 1. The Balaban J connectivity index is 1.16. The van der Waals surface area contributed by atoms with E-state index in [0.29, 0.717) is 36.9 Å². The molecule has 0 fully saturated rings. The smallest absolute Gasteiger partial charge is 0.416 e. The van der Waals surface area contributed by atoms with Crippen LogP contribution in [0.3, 0.4) is 0 Å². The molecular formula is C33H28F3N3O5. The van der Waals surface area contributed by atoms with Crippen molar-refractivity contribution in [1.82, 2.24) is 10.3 Å². The van der Waals surface area contributed by atoms with Crippen molar-refractivity contribution in [2.75, 3.05) is 18.5 Å². The summed E-state index contributed by atoms with van der Waals surface area (Å²) in [5.74, 6) is -0.626. The maximum absolute atomic E-state index is 13.2. The first-order valence-corrected chi connectivity index (χ1v) is 13.7. The maximum atomic E-state index is 13.2. The molecule has 1 aromatic heterocycles. The van der Waals surface area contributed by atoms with Crippen LogP contribution in [0.15, 0.2) is 101 Å². The standard InChI is InChI=1S/C33H28F3N3O5/c34-33(35,36)23-7-5-6-22(19-23)31(40)25-8-1-2-9-26(25)38-28(32(41)42)18-21-12-14-24(15-13-21)43-17-16-37-20-30-39-27-10-3-4-11-29(27)44-30/h1-15,19,28,37-38H,16-18,20H2,(H,41,42). The summed E-state index contributed by atoms with van der Waals surface area (Å²) in [5, 5.41) is 16.0. The van der Waals surface area contributed by atoms with Crippen LogP contribution < -0.4 is 15.4 Å². The lowest BCUT2D eigenvalue weighted by molar-refractivity contribution is -0.138. The third kappa shape index (κ3) is 7.61. The van der Waals surface area contributed by atoms with Crippen molar-refractivity contribution in [2.24, 2.45) is 0 Å². The molecule has 0 bridgehead atoms. The van der Waals surface area contributed by atoms with E-state index in [2.05, 4.69) is 15.6 Å². The second-order valence-electron chi connectivity index (χ2n) is 9.94. The molecule has 0 aliphatic heterocycles. The molecule has 44 heavy (non-hydrogen) atoms. The monoisotopic (exact) mass is 603 g/mol. The Bertz CT molecular complexity index is 1720. The number of carboxylic acids is 1. The van der Waals surface area contributed by atoms with Gasteiger partial charge in [0.1, 0.15) is 23.9 Å². The van der Waals surface area contributed by atoms with Crippen molar-refractivity contribution in [3.8, 4) is 5.75 Å². The van der Waals surface area contributed by atoms with Gasteiger partial charge in [0.2, 0.25) is 5.89 Å². The van der Waals surface area contributed by atoms with E-state index in [4.69, 9.17) is 9.15 Å². The molecule has 4 aromatic carbocycles. The summed E-state index contributed by atoms with van der Waals surface area (Å²) in [6.45, 7) is 1.38. The molecule has 0 saturated heterocycles. The van der Waals surface area contributed by atoms with Crippen molar-refractivity contribution in [2.45, 2.75) is 25.2 Å². The summed E-state index contributed by atoms with van der Waals surface area (Å²) >= 11 is 0. The number of hydrogen-bond acceptors (Lipinski definition) is 7. The average molecular weight is 604 g/mol. The fourth-order valence-electron chi connectivity index (χ4n) is 4.58. The summed E-state index contributed by atoms with van der Waals surface area (Å²) in [7, 11) is 0. The molecule has 1 atom stereocenters. The number of hydrogen-bond donors (Lipinski definition) is 3. The molecule has 0 saturated carbocycles. The lowest BCUT2D eigenvalue weighted by Gasteiger charge is -2.19. The van der Waals surface area contributed by atoms with Crippen LogP contribution in [0.1, 0.15) is 32.9 Å². The lowest BCUT2D eigenvalue weighted by Crippen LogP contribution is -2.32. The largest absolute Gasteiger partial charge is 0.492 e. The van der Waals surface area contributed by atoms with Gasteiger partial charge in [-0.25, -0.2) is 9.78 Å². The minimum atomic E-state index is -4.60. The van der Waals surface area contributed by atoms with E-state index in [9.17, 15) is 27.9 Å². The first-order valence-electron chi connectivity index (χ1n) is 13.7. The Morgan fingerprint density at radius 2 is 1.68 bits per heavy atom. The number of ether oxygens (including phenoxy) is 1. The van der Waals surface area contributed by atoms with Crippen molar-refractivity contribution in [3.05, 3.63) is 125 Å². The molecular weight excluding hydrogens is 575 g/mol. The number of anilines is 1. The van der Waals surface area contributed by atoms with Gasteiger partial charge >= 0.3 is 12.1 Å². The molecule has 3 N–H and O–H groups in total. The van der Waals surface area contributed by atoms with Gasteiger partial charge < -0.3 is 24.9 Å². The van der Waals surface area contributed by atoms with Crippen LogP contribution in [0.5, 0.6) is 5.75 Å². The second kappa shape index (κ2) is 13.4. The van der Waals surface area contributed by atoms with Crippen LogP contribution in [0, 0.1) is 0 Å². The van der Waals surface area contributed by atoms with Crippen molar-refractivity contribution < 1.29 is 37.0 Å². The predicted octanol–water partition coefficient (Wildman–Crippen LogP) is 6.35. The highest BCUT2D eigenvalue weighted by Crippen LogP contribution is 2.31. The number of carboxylic acid groups (broad SMARTS) is 1. The van der Waals surface area contributed by atoms with Crippen molar-refractivity contribution >= 4 is 28.5 Å². The first kappa shape index (κ1) is 30.3. The molecule has 11 heteroatoms. The lowest BCUT2D eigenvalue weighted by atomic mass is 9.98. The molecule has 5 rings (SSSR count). The van der Waals surface area contributed by atoms with Gasteiger partial charge in [-0.15, -0.1) is 0 Å². The van der Waals surface area contributed by atoms with Crippen LogP contribution in [0.4, 0.5) is 18.9 Å². The van der Waals surface area contributed by atoms with E-state index in [1.54, 1.807) is 36.4 Å². The molecule has 0 spiro atoms. The molecule has 0 aliphatic rings. The third-order valence-corrected chi connectivity index (χ3v) is 6.78. The van der Waals surface area contributed by atoms with Gasteiger partial charge in [0.15, 0.2) is 11.4 Å². The number of carbonyl (C=O) groups excluding carboxylic acids is 1. The summed E-state index contributed by atoms with van der Waals surface area (Å²) in [6, 6.07) is 23.6. The minimum absolute atomic E-state index is 0.0616. The van der Waals surface area contributed by atoms with Gasteiger partial charge in [0.25, 0.3) is 0 Å². The molecule has 0 aliphatic carbocycles. The molecule has 226 valence electrons. The number of nitrogens with zero attached hydrogens (tertiary/aromatic N) is 1. The van der Waals surface area contributed by atoms with Gasteiger partial charge in [-0.05, 0) is 54.1 Å². The number of oxazole rings is 1. The number of fused-ring (bicyclic) bond motifs is 1. The number of nitrogens with one attached hydrogen (secondary N) is 2. The predicted molar refractivity (Wildman–Crippen MR) is 158 cm³/mol. The Kier molecular flexibility index (Phi) is 9.25. The molecule has 0 radical (unpaired) electrons. The maximum Gasteiger partial charge on any atom is 0.416 e. The fraction of sp³-hybridized carbons (Fsp3) is 0.182. The number of alkyl halides is 3. The molecule has 8 nitrogen and oxygen atoms in total. The highest BCUT2D eigenvalue weighted by Gasteiger charge is 2.31. The third-order valence-electron chi connectivity index (χ3n) is 6.78. The minimum Gasteiger partial charge on any atom is -0.492 e. The number of para-hydroxylation sites is 3. The SMILES string of the molecule is O=C(c1cccc(C(F)(F)F)c1)c1ccccc1NC(Cc1ccc(OCCNCc2nc3ccccc3o2)cc1)C(=O)O. The van der Waals surface area contributed by atoms with Crippen LogP contribution >= 0.6 is 0 Å². The number of aliphatic carboxylic acids is 1. The number of halogens is 3. The highest BCUT2D eigenvalue weighted by atomic mass is 19.4. The van der Waals surface area contributed by atoms with Crippen LogP contribution in [0.25, 0.3) is 11.1 Å². The number of benzene rings is 4. The van der Waals surface area contributed by atoms with Crippen molar-refractivity contribution in [1.29, 1.82) is 0 Å². The van der Waals surface area contributed by atoms with E-state index < -0.39 is 29.5 Å². The van der Waals surface area contributed by atoms with E-state index in [1.807, 2.05) is 24.3 Å². The van der Waals surface area contributed by atoms with Gasteiger partial charge in [-0.1, -0.05) is 48.5 Å². The zero-order valence-corrected chi connectivity index (χ0v) is 23.3. The summed E-state index contributed by atoms with van der Waals surface area (Å²) in [4.78, 5) is 29.7. The number of rotatable bonds is 13. The molecule has 1 heterocycles. The van der Waals surface area contributed by atoms with Gasteiger partial charge in [0, 0.05) is 29.8 Å². The van der Waals surface area contributed by atoms with Crippen LogP contribution in [-0.4, -0.2) is 41.0 Å². The first-order chi connectivity index (χ1) is 21.2. The second-order valence-corrected chi connectivity index (χ2v) is 9.94. The summed E-state index contributed by atoms with van der Waals surface area (Å²) in [5.41, 5.74) is 1.40. The van der Waals surface area contributed by atoms with Crippen molar-refractivity contribution in [3.63, 3.8) is 0 Å². The molecule has 0 amide bonds. The van der Waals surface area contributed by atoms with Crippen LogP contribution in [0.2, 0.25) is 0 Å². The quantitative estimate of drug-likeness (QED) is 0.105. The summed E-state index contributed by atoms with van der Waals surface area (Å²) < 4.78 is 51.0.